The molecule has 1 aliphatic rings. The Kier molecular flexibility index (Phi) is 2.68. The van der Waals surface area contributed by atoms with Crippen molar-refractivity contribution < 1.29 is 9.18 Å². The van der Waals surface area contributed by atoms with Crippen molar-refractivity contribution in [2.75, 3.05) is 0 Å². The molecule has 1 saturated heterocycles. The van der Waals surface area contributed by atoms with E-state index in [4.69, 9.17) is 0 Å². The quantitative estimate of drug-likeness (QED) is 0.663. The second kappa shape index (κ2) is 4.35. The molecular formula is C15H12FNO. The number of Topliss-reactive ketones (excluding diaryl/α,β-unsaturated/α-hetero) is 1. The zero-order chi connectivity index (χ0) is 12.5. The molecule has 1 aliphatic heterocycles. The molecule has 3 heteroatoms. The van der Waals surface area contributed by atoms with Gasteiger partial charge < -0.3 is 0 Å². The van der Waals surface area contributed by atoms with E-state index >= 15 is 0 Å². The first-order valence-electron chi connectivity index (χ1n) is 5.87. The second-order valence-corrected chi connectivity index (χ2v) is 4.38. The highest BCUT2D eigenvalue weighted by Gasteiger charge is 2.43. The standard InChI is InChI=1S/C15H12FNO/c16-12-9-5-4-8-11(12)15(18)14-13(17-14)10-6-2-1-3-7-10/h1-9,13-14,17H/t13-,14+/m1/s1. The van der Waals surface area contributed by atoms with Crippen molar-refractivity contribution in [3.8, 4) is 0 Å². The molecule has 2 aromatic carbocycles. The number of hydrogen-bond donors (Lipinski definition) is 1. The Balaban J connectivity index is 1.80. The lowest BCUT2D eigenvalue weighted by atomic mass is 10.0. The van der Waals surface area contributed by atoms with Crippen molar-refractivity contribution in [3.63, 3.8) is 0 Å². The molecule has 0 spiro atoms. The van der Waals surface area contributed by atoms with Gasteiger partial charge in [-0.25, -0.2) is 4.39 Å². The van der Waals surface area contributed by atoms with Crippen molar-refractivity contribution >= 4 is 5.78 Å². The fraction of sp³-hybridized carbons (Fsp3) is 0.133. The number of nitrogens with one attached hydrogen (secondary N) is 1. The Hall–Kier alpha value is -2.00. The summed E-state index contributed by atoms with van der Waals surface area (Å²) in [5.74, 6) is -0.634. The Morgan fingerprint density at radius 1 is 1.00 bits per heavy atom. The molecule has 1 N–H and O–H groups in total. The van der Waals surface area contributed by atoms with Crippen LogP contribution >= 0.6 is 0 Å². The summed E-state index contributed by atoms with van der Waals surface area (Å²) < 4.78 is 13.5. The first-order valence-corrected chi connectivity index (χ1v) is 5.87. The molecular weight excluding hydrogens is 229 g/mol. The fourth-order valence-electron chi connectivity index (χ4n) is 2.14. The molecule has 0 unspecified atom stereocenters. The van der Waals surface area contributed by atoms with Crippen LogP contribution in [0.15, 0.2) is 54.6 Å². The van der Waals surface area contributed by atoms with E-state index in [9.17, 15) is 9.18 Å². The van der Waals surface area contributed by atoms with Crippen LogP contribution in [0, 0.1) is 5.82 Å². The van der Waals surface area contributed by atoms with Crippen LogP contribution in [0.25, 0.3) is 0 Å². The minimum Gasteiger partial charge on any atom is -0.297 e. The minimum absolute atomic E-state index is 0.0123. The van der Waals surface area contributed by atoms with Crippen LogP contribution in [-0.4, -0.2) is 11.8 Å². The maximum absolute atomic E-state index is 13.5. The topological polar surface area (TPSA) is 39.0 Å². The monoisotopic (exact) mass is 241 g/mol. The van der Waals surface area contributed by atoms with E-state index in [2.05, 4.69) is 5.32 Å². The van der Waals surface area contributed by atoms with Gasteiger partial charge in [0, 0.05) is 0 Å². The predicted octanol–water partition coefficient (Wildman–Crippen LogP) is 2.72. The first kappa shape index (κ1) is 11.1. The summed E-state index contributed by atoms with van der Waals surface area (Å²) in [5.41, 5.74) is 1.22. The maximum Gasteiger partial charge on any atom is 0.184 e. The van der Waals surface area contributed by atoms with Crippen LogP contribution in [0.1, 0.15) is 22.0 Å². The molecule has 2 aromatic rings. The molecule has 0 radical (unpaired) electrons. The largest absolute Gasteiger partial charge is 0.297 e. The molecule has 1 fully saturated rings. The van der Waals surface area contributed by atoms with Crippen LogP contribution in [0.4, 0.5) is 4.39 Å². The molecule has 2 nitrogen and oxygen atoms in total. The normalized spacial score (nSPS) is 21.6. The van der Waals surface area contributed by atoms with E-state index in [0.717, 1.165) is 5.56 Å². The molecule has 3 rings (SSSR count). The zero-order valence-electron chi connectivity index (χ0n) is 9.64. The highest BCUT2D eigenvalue weighted by Crippen LogP contribution is 2.32. The lowest BCUT2D eigenvalue weighted by Gasteiger charge is -2.00. The van der Waals surface area contributed by atoms with Crippen LogP contribution < -0.4 is 5.32 Å². The van der Waals surface area contributed by atoms with Crippen molar-refractivity contribution in [3.05, 3.63) is 71.5 Å². The summed E-state index contributed by atoms with van der Waals surface area (Å²) in [6, 6.07) is 15.5. The Bertz CT molecular complexity index is 582. The predicted molar refractivity (Wildman–Crippen MR) is 66.8 cm³/mol. The third-order valence-electron chi connectivity index (χ3n) is 3.16. The van der Waals surface area contributed by atoms with Crippen LogP contribution in [-0.2, 0) is 0 Å². The summed E-state index contributed by atoms with van der Waals surface area (Å²) in [5, 5.41) is 3.09. The van der Waals surface area contributed by atoms with Gasteiger partial charge in [0.25, 0.3) is 0 Å². The number of carbonyl (C=O) groups excluding carboxylic acids is 1. The van der Waals surface area contributed by atoms with Gasteiger partial charge in [-0.05, 0) is 17.7 Å². The van der Waals surface area contributed by atoms with Crippen molar-refractivity contribution in [1.82, 2.24) is 5.32 Å². The summed E-state index contributed by atoms with van der Waals surface area (Å²) in [6.07, 6.45) is 0. The number of ketones is 1. The Labute approximate surface area is 104 Å². The minimum atomic E-state index is -0.456. The molecule has 0 aliphatic carbocycles. The third-order valence-corrected chi connectivity index (χ3v) is 3.16. The second-order valence-electron chi connectivity index (χ2n) is 4.38. The zero-order valence-corrected chi connectivity index (χ0v) is 9.64. The third kappa shape index (κ3) is 1.93. The molecule has 90 valence electrons. The molecule has 0 aromatic heterocycles. The van der Waals surface area contributed by atoms with Gasteiger partial charge in [-0.3, -0.25) is 10.1 Å². The van der Waals surface area contributed by atoms with E-state index in [-0.39, 0.29) is 23.4 Å². The van der Waals surface area contributed by atoms with E-state index in [0.29, 0.717) is 0 Å². The molecule has 0 bridgehead atoms. The van der Waals surface area contributed by atoms with Gasteiger partial charge in [-0.2, -0.15) is 0 Å². The molecule has 0 saturated carbocycles. The smallest absolute Gasteiger partial charge is 0.184 e. The average Bonchev–Trinajstić information content (AvgIpc) is 3.20. The van der Waals surface area contributed by atoms with Crippen molar-refractivity contribution in [2.24, 2.45) is 0 Å². The number of halogens is 1. The van der Waals surface area contributed by atoms with Gasteiger partial charge in [0.2, 0.25) is 0 Å². The molecule has 1 heterocycles. The van der Waals surface area contributed by atoms with E-state index < -0.39 is 5.82 Å². The fourth-order valence-corrected chi connectivity index (χ4v) is 2.14. The number of rotatable bonds is 3. The lowest BCUT2D eigenvalue weighted by Crippen LogP contribution is -2.12. The van der Waals surface area contributed by atoms with Gasteiger partial charge in [-0.15, -0.1) is 0 Å². The molecule has 18 heavy (non-hydrogen) atoms. The SMILES string of the molecule is O=C(c1ccccc1F)[C@H]1N[C@@H]1c1ccccc1. The van der Waals surface area contributed by atoms with Crippen molar-refractivity contribution in [1.29, 1.82) is 0 Å². The van der Waals surface area contributed by atoms with E-state index in [1.165, 1.54) is 12.1 Å². The summed E-state index contributed by atoms with van der Waals surface area (Å²) in [4.78, 5) is 12.1. The van der Waals surface area contributed by atoms with Gasteiger partial charge >= 0.3 is 0 Å². The molecule has 2 atom stereocenters. The van der Waals surface area contributed by atoms with Gasteiger partial charge in [0.05, 0.1) is 17.6 Å². The van der Waals surface area contributed by atoms with Crippen LogP contribution in [0.3, 0.4) is 0 Å². The maximum atomic E-state index is 13.5. The summed E-state index contributed by atoms with van der Waals surface area (Å²) in [6.45, 7) is 0. The lowest BCUT2D eigenvalue weighted by molar-refractivity contribution is 0.0984. The van der Waals surface area contributed by atoms with E-state index in [1.54, 1.807) is 12.1 Å². The summed E-state index contributed by atoms with van der Waals surface area (Å²) >= 11 is 0. The van der Waals surface area contributed by atoms with Crippen LogP contribution in [0.5, 0.6) is 0 Å². The average molecular weight is 241 g/mol. The number of hydrogen-bond acceptors (Lipinski definition) is 2. The van der Waals surface area contributed by atoms with Crippen LogP contribution in [0.2, 0.25) is 0 Å². The highest BCUT2D eigenvalue weighted by molar-refractivity contribution is 6.02. The van der Waals surface area contributed by atoms with Gasteiger partial charge in [0.1, 0.15) is 5.82 Å². The Morgan fingerprint density at radius 2 is 1.67 bits per heavy atom. The summed E-state index contributed by atoms with van der Waals surface area (Å²) in [7, 11) is 0. The highest BCUT2D eigenvalue weighted by atomic mass is 19.1. The first-order chi connectivity index (χ1) is 8.77. The number of benzene rings is 2. The van der Waals surface area contributed by atoms with E-state index in [1.807, 2.05) is 30.3 Å². The number of carbonyl (C=O) groups is 1. The van der Waals surface area contributed by atoms with Crippen molar-refractivity contribution in [2.45, 2.75) is 12.1 Å². The van der Waals surface area contributed by atoms with Gasteiger partial charge in [-0.1, -0.05) is 42.5 Å². The molecule has 0 amide bonds. The Morgan fingerprint density at radius 3 is 2.39 bits per heavy atom. The van der Waals surface area contributed by atoms with Gasteiger partial charge in [0.15, 0.2) is 5.78 Å².